The zero-order chi connectivity index (χ0) is 18.6. The second-order valence-electron chi connectivity index (χ2n) is 7.06. The molecule has 1 heterocycles. The highest BCUT2D eigenvalue weighted by atomic mass is 35.5. The van der Waals surface area contributed by atoms with E-state index in [9.17, 15) is 4.79 Å². The molecule has 1 aliphatic rings. The van der Waals surface area contributed by atoms with Gasteiger partial charge in [-0.1, -0.05) is 50.2 Å². The first-order valence-electron chi connectivity index (χ1n) is 8.86. The van der Waals surface area contributed by atoms with Crippen molar-refractivity contribution < 1.29 is 19.0 Å². The Bertz CT molecular complexity index is 764. The molecule has 2 aromatic carbocycles. The average molecular weight is 392 g/mol. The normalized spacial score (nSPS) is 17.9. The van der Waals surface area contributed by atoms with Crippen molar-refractivity contribution in [3.63, 3.8) is 0 Å². The van der Waals surface area contributed by atoms with Crippen molar-refractivity contribution in [2.45, 2.75) is 33.4 Å². The first-order valence-corrected chi connectivity index (χ1v) is 8.86. The summed E-state index contributed by atoms with van der Waals surface area (Å²) in [5, 5.41) is 2.91. The Labute approximate surface area is 166 Å². The van der Waals surface area contributed by atoms with E-state index in [0.29, 0.717) is 31.3 Å². The lowest BCUT2D eigenvalue weighted by Gasteiger charge is -2.38. The van der Waals surface area contributed by atoms with Crippen LogP contribution in [-0.4, -0.2) is 19.3 Å². The lowest BCUT2D eigenvalue weighted by Crippen LogP contribution is -2.46. The van der Waals surface area contributed by atoms with Gasteiger partial charge in [0.25, 0.3) is 0 Å². The average Bonchev–Trinajstić information content (AvgIpc) is 2.64. The van der Waals surface area contributed by atoms with Crippen LogP contribution in [0.3, 0.4) is 0 Å². The van der Waals surface area contributed by atoms with Gasteiger partial charge in [0, 0.05) is 5.41 Å². The number of carbonyl (C=O) groups excluding carboxylic acids is 1. The Hall–Kier alpha value is -2.40. The molecule has 5 nitrogen and oxygen atoms in total. The number of alkyl carbamates (subject to hydrolysis) is 1. The fraction of sp³-hybridized carbons (Fsp3) is 0.381. The zero-order valence-corrected chi connectivity index (χ0v) is 16.7. The summed E-state index contributed by atoms with van der Waals surface area (Å²) in [4.78, 5) is 11.7. The fourth-order valence-corrected chi connectivity index (χ4v) is 3.05. The number of halogens is 1. The molecule has 146 valence electrons. The Balaban J connectivity index is 0.00000261. The van der Waals surface area contributed by atoms with Crippen molar-refractivity contribution in [2.75, 3.05) is 13.2 Å². The molecule has 1 atom stereocenters. The largest absolute Gasteiger partial charge is 0.490 e. The third-order valence-corrected chi connectivity index (χ3v) is 4.46. The molecule has 27 heavy (non-hydrogen) atoms. The molecule has 0 saturated carbocycles. The van der Waals surface area contributed by atoms with Gasteiger partial charge in [-0.05, 0) is 30.2 Å². The quantitative estimate of drug-likeness (QED) is 0.761. The van der Waals surface area contributed by atoms with Crippen molar-refractivity contribution in [1.82, 2.24) is 5.32 Å². The van der Waals surface area contributed by atoms with Crippen molar-refractivity contribution in [3.05, 3.63) is 59.7 Å². The first-order chi connectivity index (χ1) is 12.5. The highest BCUT2D eigenvalue weighted by Crippen LogP contribution is 2.39. The molecular weight excluding hydrogens is 366 g/mol. The van der Waals surface area contributed by atoms with Gasteiger partial charge in [-0.2, -0.15) is 0 Å². The van der Waals surface area contributed by atoms with Crippen molar-refractivity contribution in [2.24, 2.45) is 5.41 Å². The molecule has 1 fully saturated rings. The van der Waals surface area contributed by atoms with E-state index in [1.54, 1.807) is 0 Å². The zero-order valence-electron chi connectivity index (χ0n) is 15.9. The number of rotatable bonds is 6. The highest BCUT2D eigenvalue weighted by Gasteiger charge is 2.38. The molecular formula is C21H26ClNO4. The van der Waals surface area contributed by atoms with E-state index in [2.05, 4.69) is 19.2 Å². The molecule has 1 saturated heterocycles. The molecule has 1 aliphatic heterocycles. The van der Waals surface area contributed by atoms with Crippen LogP contribution in [-0.2, 0) is 11.3 Å². The minimum absolute atomic E-state index is 0. The van der Waals surface area contributed by atoms with Crippen LogP contribution < -0.4 is 14.8 Å². The summed E-state index contributed by atoms with van der Waals surface area (Å²) in [7, 11) is 0. The Kier molecular flexibility index (Phi) is 6.97. The lowest BCUT2D eigenvalue weighted by atomic mass is 9.80. The third-order valence-electron chi connectivity index (χ3n) is 4.46. The second-order valence-corrected chi connectivity index (χ2v) is 7.06. The summed E-state index contributed by atoms with van der Waals surface area (Å²) in [5.74, 6) is 1.37. The summed E-state index contributed by atoms with van der Waals surface area (Å²) < 4.78 is 16.9. The maximum atomic E-state index is 11.7. The number of ether oxygens (including phenoxy) is 3. The molecule has 0 radical (unpaired) electrons. The van der Waals surface area contributed by atoms with Crippen LogP contribution in [0, 0.1) is 5.41 Å². The standard InChI is InChI=1S/C21H25NO4.ClH/c1-4-24-18-12-16(19-21(2,3)14-26-20(23)22-19)10-11-17(18)25-13-15-8-6-5-7-9-15;/h5-12,19H,4,13-14H2,1-3H3,(H,22,23);1H/t19-;/m0./s1. The van der Waals surface area contributed by atoms with Gasteiger partial charge in [-0.3, -0.25) is 0 Å². The minimum atomic E-state index is -0.392. The van der Waals surface area contributed by atoms with Gasteiger partial charge in [-0.15, -0.1) is 12.4 Å². The molecule has 3 rings (SSSR count). The number of carbonyl (C=O) groups is 1. The predicted octanol–water partition coefficient (Wildman–Crippen LogP) is 4.89. The molecule has 0 aliphatic carbocycles. The first kappa shape index (κ1) is 20.9. The number of cyclic esters (lactones) is 1. The summed E-state index contributed by atoms with van der Waals surface area (Å²) in [6, 6.07) is 15.7. The topological polar surface area (TPSA) is 56.8 Å². The van der Waals surface area contributed by atoms with E-state index in [0.717, 1.165) is 11.1 Å². The van der Waals surface area contributed by atoms with Gasteiger partial charge < -0.3 is 19.5 Å². The summed E-state index contributed by atoms with van der Waals surface area (Å²) in [5.41, 5.74) is 1.85. The predicted molar refractivity (Wildman–Crippen MR) is 107 cm³/mol. The summed E-state index contributed by atoms with van der Waals surface area (Å²) in [6.07, 6.45) is -0.392. The number of hydrogen-bond acceptors (Lipinski definition) is 4. The smallest absolute Gasteiger partial charge is 0.407 e. The number of hydrogen-bond donors (Lipinski definition) is 1. The van der Waals surface area contributed by atoms with Gasteiger partial charge in [0.15, 0.2) is 11.5 Å². The molecule has 1 N–H and O–H groups in total. The van der Waals surface area contributed by atoms with Crippen LogP contribution in [0.4, 0.5) is 4.79 Å². The molecule has 1 amide bonds. The van der Waals surface area contributed by atoms with Gasteiger partial charge in [0.05, 0.1) is 12.6 Å². The van der Waals surface area contributed by atoms with E-state index in [-0.39, 0.29) is 23.9 Å². The number of amides is 1. The van der Waals surface area contributed by atoms with Gasteiger partial charge in [0.2, 0.25) is 0 Å². The van der Waals surface area contributed by atoms with Gasteiger partial charge >= 0.3 is 6.09 Å². The molecule has 0 aromatic heterocycles. The molecule has 2 aromatic rings. The summed E-state index contributed by atoms with van der Waals surface area (Å²) >= 11 is 0. The van der Waals surface area contributed by atoms with Crippen LogP contribution in [0.15, 0.2) is 48.5 Å². The van der Waals surface area contributed by atoms with Crippen LogP contribution in [0.25, 0.3) is 0 Å². The van der Waals surface area contributed by atoms with E-state index in [4.69, 9.17) is 14.2 Å². The highest BCUT2D eigenvalue weighted by molar-refractivity contribution is 5.85. The summed E-state index contributed by atoms with van der Waals surface area (Å²) in [6.45, 7) is 7.45. The maximum absolute atomic E-state index is 11.7. The number of benzene rings is 2. The maximum Gasteiger partial charge on any atom is 0.407 e. The van der Waals surface area contributed by atoms with Crippen molar-refractivity contribution >= 4 is 18.5 Å². The van der Waals surface area contributed by atoms with Gasteiger partial charge in [0.1, 0.15) is 13.2 Å². The Morgan fingerprint density at radius 3 is 2.56 bits per heavy atom. The molecule has 0 bridgehead atoms. The van der Waals surface area contributed by atoms with Crippen LogP contribution in [0.1, 0.15) is 37.9 Å². The molecule has 0 unspecified atom stereocenters. The lowest BCUT2D eigenvalue weighted by molar-refractivity contribution is 0.0386. The minimum Gasteiger partial charge on any atom is -0.490 e. The fourth-order valence-electron chi connectivity index (χ4n) is 3.05. The van der Waals surface area contributed by atoms with Gasteiger partial charge in [-0.25, -0.2) is 4.79 Å². The molecule has 0 spiro atoms. The SMILES string of the molecule is CCOc1cc([C@@H]2NC(=O)OCC2(C)C)ccc1OCc1ccccc1.Cl. The van der Waals surface area contributed by atoms with Crippen molar-refractivity contribution in [1.29, 1.82) is 0 Å². The van der Waals surface area contributed by atoms with E-state index >= 15 is 0 Å². The Morgan fingerprint density at radius 1 is 1.11 bits per heavy atom. The van der Waals surface area contributed by atoms with Crippen LogP contribution >= 0.6 is 12.4 Å². The number of nitrogens with one attached hydrogen (secondary N) is 1. The van der Waals surface area contributed by atoms with E-state index in [1.807, 2.05) is 55.5 Å². The molecule has 6 heteroatoms. The van der Waals surface area contributed by atoms with Crippen LogP contribution in [0.2, 0.25) is 0 Å². The second kappa shape index (κ2) is 9.00. The third kappa shape index (κ3) is 5.07. The van der Waals surface area contributed by atoms with E-state index < -0.39 is 6.09 Å². The van der Waals surface area contributed by atoms with Crippen molar-refractivity contribution in [3.8, 4) is 11.5 Å². The monoisotopic (exact) mass is 391 g/mol. The van der Waals surface area contributed by atoms with E-state index in [1.165, 1.54) is 0 Å². The Morgan fingerprint density at radius 2 is 1.85 bits per heavy atom. The van der Waals surface area contributed by atoms with Crippen LogP contribution in [0.5, 0.6) is 11.5 Å².